The molecule has 26 heavy (non-hydrogen) atoms. The highest BCUT2D eigenvalue weighted by atomic mass is 32.1. The number of nitrogens with zero attached hydrogens (tertiary/aromatic N) is 1. The number of ether oxygens (including phenoxy) is 3. The molecule has 0 aliphatic carbocycles. The van der Waals surface area contributed by atoms with Gasteiger partial charge in [0.05, 0.1) is 22.5 Å². The Hall–Kier alpha value is -2.94. The van der Waals surface area contributed by atoms with E-state index in [9.17, 15) is 19.7 Å². The number of carbonyl (C=O) groups excluding carboxylic acids is 2. The van der Waals surface area contributed by atoms with Gasteiger partial charge in [-0.05, 0) is 17.9 Å². The maximum absolute atomic E-state index is 12.2. The summed E-state index contributed by atoms with van der Waals surface area (Å²) >= 11 is 1.35. The maximum Gasteiger partial charge on any atom is 0.345 e. The number of esters is 1. The zero-order valence-corrected chi connectivity index (χ0v) is 14.5. The average molecular weight is 377 g/mol. The number of ketones is 1. The van der Waals surface area contributed by atoms with E-state index in [4.69, 9.17) is 14.2 Å². The number of benzene rings is 1. The van der Waals surface area contributed by atoms with Gasteiger partial charge < -0.3 is 14.2 Å². The van der Waals surface area contributed by atoms with Gasteiger partial charge in [-0.3, -0.25) is 14.9 Å². The van der Waals surface area contributed by atoms with Crippen molar-refractivity contribution in [2.45, 2.75) is 12.8 Å². The van der Waals surface area contributed by atoms with Gasteiger partial charge in [0.25, 0.3) is 5.69 Å². The predicted octanol–water partition coefficient (Wildman–Crippen LogP) is 3.25. The molecule has 0 saturated heterocycles. The molecule has 136 valence electrons. The number of fused-ring (bicyclic) bond motifs is 1. The van der Waals surface area contributed by atoms with Crippen LogP contribution >= 0.6 is 11.3 Å². The Morgan fingerprint density at radius 1 is 1.23 bits per heavy atom. The molecule has 1 aliphatic rings. The molecule has 0 spiro atoms. The predicted molar refractivity (Wildman–Crippen MR) is 92.3 cm³/mol. The number of carbonyl (C=O) groups is 2. The van der Waals surface area contributed by atoms with Gasteiger partial charge in [0.2, 0.25) is 0 Å². The normalized spacial score (nSPS) is 12.5. The number of hydrogen-bond donors (Lipinski definition) is 0. The van der Waals surface area contributed by atoms with E-state index >= 15 is 0 Å². The first-order valence-electron chi connectivity index (χ1n) is 7.88. The second-order valence-electron chi connectivity index (χ2n) is 5.41. The van der Waals surface area contributed by atoms with E-state index < -0.39 is 16.6 Å². The molecule has 0 saturated carbocycles. The molecule has 0 bridgehead atoms. The molecule has 1 aromatic heterocycles. The summed E-state index contributed by atoms with van der Waals surface area (Å²) in [6, 6.07) is 5.94. The molecule has 1 aliphatic heterocycles. The molecule has 0 fully saturated rings. The van der Waals surface area contributed by atoms with E-state index in [-0.39, 0.29) is 42.5 Å². The molecular formula is C17H15NO7S. The summed E-state index contributed by atoms with van der Waals surface area (Å²) in [6.45, 7) is 0.567. The van der Waals surface area contributed by atoms with Crippen molar-refractivity contribution in [3.8, 4) is 11.5 Å². The van der Waals surface area contributed by atoms with E-state index in [1.165, 1.54) is 17.4 Å². The number of thiophene rings is 1. The van der Waals surface area contributed by atoms with Crippen LogP contribution in [0.4, 0.5) is 5.69 Å². The lowest BCUT2D eigenvalue weighted by Gasteiger charge is -2.18. The molecule has 1 aromatic carbocycles. The highest BCUT2D eigenvalue weighted by molar-refractivity contribution is 7.12. The molecule has 0 N–H and O–H groups in total. The van der Waals surface area contributed by atoms with Crippen molar-refractivity contribution in [1.29, 1.82) is 0 Å². The lowest BCUT2D eigenvalue weighted by Crippen LogP contribution is -2.17. The van der Waals surface area contributed by atoms with Crippen LogP contribution in [0, 0.1) is 10.1 Å². The quantitative estimate of drug-likeness (QED) is 0.240. The van der Waals surface area contributed by atoms with Gasteiger partial charge in [-0.25, -0.2) is 4.79 Å². The number of hydrogen-bond acceptors (Lipinski definition) is 8. The summed E-state index contributed by atoms with van der Waals surface area (Å²) < 4.78 is 15.7. The fourth-order valence-electron chi connectivity index (χ4n) is 2.43. The molecule has 2 heterocycles. The molecular weight excluding hydrogens is 362 g/mol. The van der Waals surface area contributed by atoms with E-state index in [1.807, 2.05) is 5.38 Å². The fourth-order valence-corrected chi connectivity index (χ4v) is 3.12. The first-order chi connectivity index (χ1) is 12.6. The number of nitro benzene ring substituents is 1. The largest absolute Gasteiger partial charge is 0.486 e. The SMILES string of the molecule is O=C(CCCOC(=O)c1cc2c(cc1[N+](=O)[O-])OCCO2)c1cccs1. The number of nitro groups is 1. The second kappa shape index (κ2) is 7.96. The monoisotopic (exact) mass is 377 g/mol. The van der Waals surface area contributed by atoms with Crippen molar-refractivity contribution in [3.05, 3.63) is 50.2 Å². The Morgan fingerprint density at radius 3 is 2.62 bits per heavy atom. The third-order valence-corrected chi connectivity index (χ3v) is 4.57. The van der Waals surface area contributed by atoms with Gasteiger partial charge in [0, 0.05) is 12.5 Å². The third kappa shape index (κ3) is 3.99. The fraction of sp³-hybridized carbons (Fsp3) is 0.294. The average Bonchev–Trinajstić information content (AvgIpc) is 3.18. The van der Waals surface area contributed by atoms with Crippen LogP contribution in [0.25, 0.3) is 0 Å². The van der Waals surface area contributed by atoms with Crippen molar-refractivity contribution < 1.29 is 28.7 Å². The first kappa shape index (κ1) is 17.9. The molecule has 0 atom stereocenters. The Balaban J connectivity index is 1.62. The number of Topliss-reactive ketones (excluding diaryl/α,β-unsaturated/α-hetero) is 1. The van der Waals surface area contributed by atoms with Crippen molar-refractivity contribution in [2.24, 2.45) is 0 Å². The van der Waals surface area contributed by atoms with Gasteiger partial charge in [0.1, 0.15) is 18.8 Å². The Bertz CT molecular complexity index is 832. The zero-order valence-electron chi connectivity index (χ0n) is 13.6. The minimum Gasteiger partial charge on any atom is -0.486 e. The lowest BCUT2D eigenvalue weighted by atomic mass is 10.1. The summed E-state index contributed by atoms with van der Waals surface area (Å²) in [7, 11) is 0. The lowest BCUT2D eigenvalue weighted by molar-refractivity contribution is -0.385. The van der Waals surface area contributed by atoms with Crippen LogP contribution in [0.3, 0.4) is 0 Å². The highest BCUT2D eigenvalue weighted by Gasteiger charge is 2.27. The van der Waals surface area contributed by atoms with Crippen LogP contribution in [0.2, 0.25) is 0 Å². The minimum absolute atomic E-state index is 0.0124. The van der Waals surface area contributed by atoms with Crippen molar-refractivity contribution in [2.75, 3.05) is 19.8 Å². The smallest absolute Gasteiger partial charge is 0.345 e. The Morgan fingerprint density at radius 2 is 1.96 bits per heavy atom. The summed E-state index contributed by atoms with van der Waals surface area (Å²) in [5.74, 6) is -0.374. The molecule has 0 radical (unpaired) electrons. The highest BCUT2D eigenvalue weighted by Crippen LogP contribution is 2.36. The standard InChI is InChI=1S/C17H15NO7S/c19-13(16-4-2-8-26-16)3-1-5-25-17(20)11-9-14-15(24-7-6-23-14)10-12(11)18(21)22/h2,4,8-10H,1,3,5-7H2. The number of rotatable bonds is 7. The van der Waals surface area contributed by atoms with Crippen LogP contribution in [0.5, 0.6) is 11.5 Å². The maximum atomic E-state index is 12.2. The topological polar surface area (TPSA) is 105 Å². The van der Waals surface area contributed by atoms with Crippen molar-refractivity contribution in [3.63, 3.8) is 0 Å². The molecule has 3 rings (SSSR count). The van der Waals surface area contributed by atoms with Crippen molar-refractivity contribution >= 4 is 28.8 Å². The zero-order chi connectivity index (χ0) is 18.5. The van der Waals surface area contributed by atoms with Crippen LogP contribution in [0.15, 0.2) is 29.6 Å². The summed E-state index contributed by atoms with van der Waals surface area (Å²) in [6.07, 6.45) is 0.567. The summed E-state index contributed by atoms with van der Waals surface area (Å²) in [5, 5.41) is 13.0. The Kier molecular flexibility index (Phi) is 5.47. The molecule has 0 amide bonds. The van der Waals surface area contributed by atoms with Gasteiger partial charge in [-0.1, -0.05) is 6.07 Å². The van der Waals surface area contributed by atoms with Gasteiger partial charge in [-0.2, -0.15) is 0 Å². The second-order valence-corrected chi connectivity index (χ2v) is 6.36. The molecule has 8 nitrogen and oxygen atoms in total. The first-order valence-corrected chi connectivity index (χ1v) is 8.76. The minimum atomic E-state index is -0.836. The van der Waals surface area contributed by atoms with Crippen LogP contribution in [-0.2, 0) is 4.74 Å². The van der Waals surface area contributed by atoms with Crippen LogP contribution in [-0.4, -0.2) is 36.5 Å². The van der Waals surface area contributed by atoms with Crippen LogP contribution < -0.4 is 9.47 Å². The molecule has 9 heteroatoms. The van der Waals surface area contributed by atoms with E-state index in [0.29, 0.717) is 17.9 Å². The summed E-state index contributed by atoms with van der Waals surface area (Å²) in [5.41, 5.74) is -0.613. The van der Waals surface area contributed by atoms with E-state index in [1.54, 1.807) is 12.1 Å². The van der Waals surface area contributed by atoms with E-state index in [2.05, 4.69) is 0 Å². The van der Waals surface area contributed by atoms with Gasteiger partial charge in [0.15, 0.2) is 17.3 Å². The Labute approximate surface area is 152 Å². The van der Waals surface area contributed by atoms with Gasteiger partial charge in [-0.15, -0.1) is 11.3 Å². The molecule has 0 unspecified atom stereocenters. The van der Waals surface area contributed by atoms with E-state index in [0.717, 1.165) is 6.07 Å². The van der Waals surface area contributed by atoms with Gasteiger partial charge >= 0.3 is 5.97 Å². The van der Waals surface area contributed by atoms with Crippen LogP contribution in [0.1, 0.15) is 32.9 Å². The molecule has 2 aromatic rings. The summed E-state index contributed by atoms with van der Waals surface area (Å²) in [4.78, 5) is 35.3. The van der Waals surface area contributed by atoms with Crippen molar-refractivity contribution in [1.82, 2.24) is 0 Å². The third-order valence-electron chi connectivity index (χ3n) is 3.65.